The van der Waals surface area contributed by atoms with E-state index in [0.717, 1.165) is 11.4 Å². The second kappa shape index (κ2) is 6.69. The number of ether oxygens (including phenoxy) is 1. The summed E-state index contributed by atoms with van der Waals surface area (Å²) in [6.07, 6.45) is 1.50. The number of para-hydroxylation sites is 1. The minimum Gasteiger partial charge on any atom is -0.504 e. The van der Waals surface area contributed by atoms with E-state index in [1.165, 1.54) is 6.21 Å². The van der Waals surface area contributed by atoms with Crippen LogP contribution in [0.3, 0.4) is 0 Å². The highest BCUT2D eigenvalue weighted by atomic mass is 16.5. The van der Waals surface area contributed by atoms with Crippen LogP contribution in [0.1, 0.15) is 23.9 Å². The lowest BCUT2D eigenvalue weighted by atomic mass is 10.2. The van der Waals surface area contributed by atoms with Gasteiger partial charge in [0.15, 0.2) is 11.5 Å². The third-order valence-electron chi connectivity index (χ3n) is 2.68. The molecule has 0 atom stereocenters. The lowest BCUT2D eigenvalue weighted by Gasteiger charge is -2.07. The first kappa shape index (κ1) is 14.8. The first-order valence-corrected chi connectivity index (χ1v) is 6.66. The highest BCUT2D eigenvalue weighted by Crippen LogP contribution is 2.28. The summed E-state index contributed by atoms with van der Waals surface area (Å²) in [5.74, 6) is 0.916. The number of hydrogen-bond donors (Lipinski definition) is 2. The van der Waals surface area contributed by atoms with E-state index in [0.29, 0.717) is 23.9 Å². The third kappa shape index (κ3) is 3.92. The summed E-state index contributed by atoms with van der Waals surface area (Å²) < 4.78 is 5.32. The van der Waals surface area contributed by atoms with Crippen LogP contribution in [0, 0.1) is 13.8 Å². The Morgan fingerprint density at radius 1 is 1.29 bits per heavy atom. The normalized spacial score (nSPS) is 10.8. The summed E-state index contributed by atoms with van der Waals surface area (Å²) in [5.41, 5.74) is 5.03. The van der Waals surface area contributed by atoms with Gasteiger partial charge >= 0.3 is 0 Å². The van der Waals surface area contributed by atoms with Crippen molar-refractivity contribution in [1.29, 1.82) is 0 Å². The Morgan fingerprint density at radius 2 is 2.00 bits per heavy atom. The zero-order chi connectivity index (χ0) is 15.2. The van der Waals surface area contributed by atoms with Gasteiger partial charge in [-0.2, -0.15) is 5.10 Å². The molecule has 21 heavy (non-hydrogen) atoms. The molecule has 0 spiro atoms. The molecule has 1 heterocycles. The Morgan fingerprint density at radius 3 is 2.67 bits per heavy atom. The highest BCUT2D eigenvalue weighted by molar-refractivity contribution is 5.85. The molecule has 0 saturated heterocycles. The zero-order valence-corrected chi connectivity index (χ0v) is 12.3. The van der Waals surface area contributed by atoms with Gasteiger partial charge in [0.1, 0.15) is 0 Å². The van der Waals surface area contributed by atoms with E-state index in [2.05, 4.69) is 20.5 Å². The van der Waals surface area contributed by atoms with Crippen molar-refractivity contribution in [3.05, 3.63) is 41.2 Å². The number of aryl methyl sites for hydroxylation is 2. The number of phenols is 1. The standard InChI is InChI=1S/C15H18N4O2/c1-4-21-13-7-5-6-12(14(13)20)9-16-19-15-17-10(2)8-11(3)18-15/h5-9,20H,4H2,1-3H3,(H,17,18,19)/b16-9+. The summed E-state index contributed by atoms with van der Waals surface area (Å²) in [5, 5.41) is 14.1. The monoisotopic (exact) mass is 286 g/mol. The van der Waals surface area contributed by atoms with Gasteiger partial charge in [-0.25, -0.2) is 15.4 Å². The minimum absolute atomic E-state index is 0.0613. The number of hydrogen-bond acceptors (Lipinski definition) is 6. The van der Waals surface area contributed by atoms with Crippen LogP contribution in [-0.2, 0) is 0 Å². The summed E-state index contributed by atoms with van der Waals surface area (Å²) in [6.45, 7) is 6.13. The molecular weight excluding hydrogens is 268 g/mol. The van der Waals surface area contributed by atoms with E-state index < -0.39 is 0 Å². The Balaban J connectivity index is 2.12. The van der Waals surface area contributed by atoms with Crippen LogP contribution in [0.2, 0.25) is 0 Å². The van der Waals surface area contributed by atoms with Crippen LogP contribution >= 0.6 is 0 Å². The van der Waals surface area contributed by atoms with Gasteiger partial charge in [0.2, 0.25) is 5.95 Å². The molecule has 1 aromatic heterocycles. The fourth-order valence-electron chi connectivity index (χ4n) is 1.85. The molecule has 6 nitrogen and oxygen atoms in total. The maximum Gasteiger partial charge on any atom is 0.243 e. The van der Waals surface area contributed by atoms with Crippen molar-refractivity contribution in [1.82, 2.24) is 9.97 Å². The van der Waals surface area contributed by atoms with Crippen molar-refractivity contribution in [2.75, 3.05) is 12.0 Å². The second-order valence-corrected chi connectivity index (χ2v) is 4.47. The number of benzene rings is 1. The smallest absolute Gasteiger partial charge is 0.243 e. The van der Waals surface area contributed by atoms with Crippen LogP contribution in [0.5, 0.6) is 11.5 Å². The largest absolute Gasteiger partial charge is 0.504 e. The van der Waals surface area contributed by atoms with Crippen LogP contribution in [0.25, 0.3) is 0 Å². The quantitative estimate of drug-likeness (QED) is 0.652. The summed E-state index contributed by atoms with van der Waals surface area (Å²) in [4.78, 5) is 8.42. The van der Waals surface area contributed by atoms with Crippen molar-refractivity contribution in [3.63, 3.8) is 0 Å². The second-order valence-electron chi connectivity index (χ2n) is 4.47. The van der Waals surface area contributed by atoms with E-state index in [1.54, 1.807) is 18.2 Å². The number of anilines is 1. The molecule has 0 amide bonds. The molecule has 0 saturated carbocycles. The topological polar surface area (TPSA) is 79.6 Å². The Bertz CT molecular complexity index is 636. The molecular formula is C15H18N4O2. The Labute approximate surface area is 123 Å². The molecule has 6 heteroatoms. The average Bonchev–Trinajstić information content (AvgIpc) is 2.42. The van der Waals surface area contributed by atoms with E-state index in [1.807, 2.05) is 26.8 Å². The van der Waals surface area contributed by atoms with Gasteiger partial charge in [0.05, 0.1) is 12.8 Å². The molecule has 110 valence electrons. The molecule has 1 aromatic carbocycles. The maximum absolute atomic E-state index is 10.0. The Kier molecular flexibility index (Phi) is 4.71. The predicted octanol–water partition coefficient (Wildman–Crippen LogP) is 2.64. The molecule has 0 aliphatic heterocycles. The minimum atomic E-state index is 0.0613. The van der Waals surface area contributed by atoms with E-state index in [-0.39, 0.29) is 5.75 Å². The molecule has 0 radical (unpaired) electrons. The van der Waals surface area contributed by atoms with Crippen LogP contribution in [-0.4, -0.2) is 27.9 Å². The van der Waals surface area contributed by atoms with Gasteiger partial charge in [-0.1, -0.05) is 6.07 Å². The fraction of sp³-hybridized carbons (Fsp3) is 0.267. The molecule has 0 fully saturated rings. The van der Waals surface area contributed by atoms with Crippen molar-refractivity contribution in [2.24, 2.45) is 5.10 Å². The fourth-order valence-corrected chi connectivity index (χ4v) is 1.85. The number of nitrogens with zero attached hydrogens (tertiary/aromatic N) is 3. The number of hydrazone groups is 1. The lowest BCUT2D eigenvalue weighted by molar-refractivity contribution is 0.318. The number of aromatic hydroxyl groups is 1. The predicted molar refractivity (Wildman–Crippen MR) is 82.0 cm³/mol. The number of nitrogens with one attached hydrogen (secondary N) is 1. The van der Waals surface area contributed by atoms with E-state index in [4.69, 9.17) is 4.74 Å². The third-order valence-corrected chi connectivity index (χ3v) is 2.68. The van der Waals surface area contributed by atoms with Crippen LogP contribution in [0.4, 0.5) is 5.95 Å². The van der Waals surface area contributed by atoms with E-state index in [9.17, 15) is 5.11 Å². The van der Waals surface area contributed by atoms with Crippen LogP contribution < -0.4 is 10.2 Å². The van der Waals surface area contributed by atoms with Gasteiger partial charge in [0.25, 0.3) is 0 Å². The van der Waals surface area contributed by atoms with Gasteiger partial charge in [0, 0.05) is 17.0 Å². The highest BCUT2D eigenvalue weighted by Gasteiger charge is 2.05. The summed E-state index contributed by atoms with van der Waals surface area (Å²) >= 11 is 0. The SMILES string of the molecule is CCOc1cccc(/C=N/Nc2nc(C)cc(C)n2)c1O. The first-order valence-electron chi connectivity index (χ1n) is 6.66. The molecule has 0 bridgehead atoms. The number of phenolic OH excluding ortho intramolecular Hbond substituents is 1. The average molecular weight is 286 g/mol. The summed E-state index contributed by atoms with van der Waals surface area (Å²) in [7, 11) is 0. The van der Waals surface area contributed by atoms with Gasteiger partial charge in [-0.05, 0) is 39.0 Å². The molecule has 2 rings (SSSR count). The maximum atomic E-state index is 10.0. The molecule has 0 aliphatic rings. The van der Waals surface area contributed by atoms with Gasteiger partial charge in [-0.15, -0.1) is 0 Å². The molecule has 2 N–H and O–H groups in total. The molecule has 2 aromatic rings. The van der Waals surface area contributed by atoms with Gasteiger partial charge < -0.3 is 9.84 Å². The molecule has 0 unspecified atom stereocenters. The lowest BCUT2D eigenvalue weighted by Crippen LogP contribution is -2.00. The van der Waals surface area contributed by atoms with Crippen molar-refractivity contribution in [3.8, 4) is 11.5 Å². The van der Waals surface area contributed by atoms with Crippen molar-refractivity contribution in [2.45, 2.75) is 20.8 Å². The Hall–Kier alpha value is -2.63. The number of rotatable bonds is 5. The van der Waals surface area contributed by atoms with Gasteiger partial charge in [-0.3, -0.25) is 0 Å². The number of aromatic nitrogens is 2. The molecule has 0 aliphatic carbocycles. The van der Waals surface area contributed by atoms with Crippen LogP contribution in [0.15, 0.2) is 29.4 Å². The zero-order valence-electron chi connectivity index (χ0n) is 12.3. The van der Waals surface area contributed by atoms with Crippen molar-refractivity contribution < 1.29 is 9.84 Å². The van der Waals surface area contributed by atoms with Crippen molar-refractivity contribution >= 4 is 12.2 Å². The van der Waals surface area contributed by atoms with E-state index >= 15 is 0 Å². The first-order chi connectivity index (χ1) is 10.1. The summed E-state index contributed by atoms with van der Waals surface area (Å²) in [6, 6.07) is 7.12.